The zero-order valence-corrected chi connectivity index (χ0v) is 10.0. The number of nitrogens with two attached hydrogens (primary N) is 1. The summed E-state index contributed by atoms with van der Waals surface area (Å²) in [5.41, 5.74) is 8.47. The van der Waals surface area contributed by atoms with Gasteiger partial charge in [-0.15, -0.1) is 0 Å². The van der Waals surface area contributed by atoms with E-state index in [1.807, 2.05) is 19.2 Å². The van der Waals surface area contributed by atoms with Gasteiger partial charge in [-0.1, -0.05) is 32.8 Å². The number of rotatable bonds is 5. The van der Waals surface area contributed by atoms with Gasteiger partial charge >= 0.3 is 0 Å². The van der Waals surface area contributed by atoms with Crippen molar-refractivity contribution >= 4 is 0 Å². The van der Waals surface area contributed by atoms with Crippen molar-refractivity contribution in [2.24, 2.45) is 11.7 Å². The van der Waals surface area contributed by atoms with Gasteiger partial charge in [0.1, 0.15) is 0 Å². The smallest absolute Gasteiger partial charge is 0.0420 e. The van der Waals surface area contributed by atoms with E-state index >= 15 is 0 Å². The summed E-state index contributed by atoms with van der Waals surface area (Å²) in [6.45, 7) is 6.50. The minimum absolute atomic E-state index is 0.142. The van der Waals surface area contributed by atoms with Gasteiger partial charge in [0.15, 0.2) is 0 Å². The van der Waals surface area contributed by atoms with Crippen LogP contribution in [0.5, 0.6) is 0 Å². The molecule has 1 atom stereocenters. The monoisotopic (exact) mass is 206 g/mol. The second kappa shape index (κ2) is 5.86. The van der Waals surface area contributed by atoms with Crippen LogP contribution in [0.1, 0.15) is 50.4 Å². The van der Waals surface area contributed by atoms with E-state index in [-0.39, 0.29) is 6.04 Å². The Bertz CT molecular complexity index is 292. The summed E-state index contributed by atoms with van der Waals surface area (Å²) < 4.78 is 0. The third-order valence-electron chi connectivity index (χ3n) is 3.19. The van der Waals surface area contributed by atoms with E-state index in [0.29, 0.717) is 0 Å². The maximum absolute atomic E-state index is 6.21. The Morgan fingerprint density at radius 2 is 2.00 bits per heavy atom. The lowest BCUT2D eigenvalue weighted by Crippen LogP contribution is -2.16. The van der Waals surface area contributed by atoms with Crippen LogP contribution < -0.4 is 5.73 Å². The molecule has 0 aliphatic rings. The van der Waals surface area contributed by atoms with Gasteiger partial charge < -0.3 is 5.73 Å². The molecule has 0 amide bonds. The molecular formula is C13H22N2. The number of pyridine rings is 1. The molecule has 1 aromatic heterocycles. The minimum Gasteiger partial charge on any atom is -0.324 e. The predicted molar refractivity (Wildman–Crippen MR) is 64.6 cm³/mol. The molecule has 0 radical (unpaired) electrons. The Labute approximate surface area is 92.9 Å². The summed E-state index contributed by atoms with van der Waals surface area (Å²) >= 11 is 0. The van der Waals surface area contributed by atoms with Crippen molar-refractivity contribution in [2.75, 3.05) is 0 Å². The molecule has 0 saturated heterocycles. The highest BCUT2D eigenvalue weighted by Crippen LogP contribution is 2.24. The van der Waals surface area contributed by atoms with Gasteiger partial charge in [0.2, 0.25) is 0 Å². The van der Waals surface area contributed by atoms with Crippen LogP contribution in [0.2, 0.25) is 0 Å². The third-order valence-corrected chi connectivity index (χ3v) is 3.19. The van der Waals surface area contributed by atoms with Crippen LogP contribution in [0.25, 0.3) is 0 Å². The number of nitrogens with zero attached hydrogens (tertiary/aromatic N) is 1. The normalized spacial score (nSPS) is 13.1. The quantitative estimate of drug-likeness (QED) is 0.803. The van der Waals surface area contributed by atoms with Crippen molar-refractivity contribution in [1.82, 2.24) is 4.98 Å². The van der Waals surface area contributed by atoms with Crippen LogP contribution >= 0.6 is 0 Å². The Morgan fingerprint density at radius 3 is 2.53 bits per heavy atom. The second-order valence-corrected chi connectivity index (χ2v) is 4.20. The molecule has 1 aromatic rings. The van der Waals surface area contributed by atoms with E-state index in [4.69, 9.17) is 5.73 Å². The van der Waals surface area contributed by atoms with Crippen molar-refractivity contribution in [1.29, 1.82) is 0 Å². The van der Waals surface area contributed by atoms with Gasteiger partial charge in [0, 0.05) is 17.9 Å². The predicted octanol–water partition coefficient (Wildman–Crippen LogP) is 3.22. The summed E-state index contributed by atoms with van der Waals surface area (Å²) in [5, 5.41) is 0. The van der Waals surface area contributed by atoms with Crippen LogP contribution in [-0.4, -0.2) is 4.98 Å². The van der Waals surface area contributed by atoms with E-state index < -0.39 is 0 Å². The van der Waals surface area contributed by atoms with Crippen molar-refractivity contribution in [3.05, 3.63) is 29.6 Å². The summed E-state index contributed by atoms with van der Waals surface area (Å²) in [6.07, 6.45) is 5.31. The van der Waals surface area contributed by atoms with Crippen LogP contribution in [0.4, 0.5) is 0 Å². The first-order valence-electron chi connectivity index (χ1n) is 5.86. The molecule has 0 bridgehead atoms. The van der Waals surface area contributed by atoms with Crippen LogP contribution in [0.3, 0.4) is 0 Å². The highest BCUT2D eigenvalue weighted by Gasteiger charge is 2.13. The van der Waals surface area contributed by atoms with Crippen molar-refractivity contribution in [3.63, 3.8) is 0 Å². The average molecular weight is 206 g/mol. The van der Waals surface area contributed by atoms with Crippen LogP contribution in [0.15, 0.2) is 18.3 Å². The van der Waals surface area contributed by atoms with Gasteiger partial charge in [-0.2, -0.15) is 0 Å². The van der Waals surface area contributed by atoms with Gasteiger partial charge in [-0.25, -0.2) is 0 Å². The molecule has 2 nitrogen and oxygen atoms in total. The lowest BCUT2D eigenvalue weighted by atomic mass is 9.91. The summed E-state index contributed by atoms with van der Waals surface area (Å²) in [6, 6.07) is 4.20. The molecule has 1 unspecified atom stereocenters. The van der Waals surface area contributed by atoms with E-state index in [0.717, 1.165) is 18.0 Å². The first-order valence-corrected chi connectivity index (χ1v) is 5.86. The molecular weight excluding hydrogens is 184 g/mol. The molecule has 1 heterocycles. The van der Waals surface area contributed by atoms with E-state index in [1.54, 1.807) is 0 Å². The fourth-order valence-corrected chi connectivity index (χ4v) is 2.00. The molecule has 0 spiro atoms. The Hall–Kier alpha value is -0.890. The lowest BCUT2D eigenvalue weighted by Gasteiger charge is -2.19. The maximum atomic E-state index is 6.21. The topological polar surface area (TPSA) is 38.9 Å². The zero-order chi connectivity index (χ0) is 11.3. The summed E-state index contributed by atoms with van der Waals surface area (Å²) in [7, 11) is 0. The van der Waals surface area contributed by atoms with Gasteiger partial charge in [0.05, 0.1) is 0 Å². The van der Waals surface area contributed by atoms with E-state index in [9.17, 15) is 0 Å². The third kappa shape index (κ3) is 3.31. The molecule has 0 aliphatic heterocycles. The second-order valence-electron chi connectivity index (χ2n) is 4.20. The van der Waals surface area contributed by atoms with Crippen molar-refractivity contribution in [2.45, 2.75) is 46.1 Å². The average Bonchev–Trinajstić information content (AvgIpc) is 2.26. The Kier molecular flexibility index (Phi) is 4.76. The van der Waals surface area contributed by atoms with Crippen molar-refractivity contribution < 1.29 is 0 Å². The van der Waals surface area contributed by atoms with E-state index in [2.05, 4.69) is 24.9 Å². The maximum Gasteiger partial charge on any atom is 0.0420 e. The molecule has 84 valence electrons. The number of aryl methyl sites for hydroxylation is 1. The Morgan fingerprint density at radius 1 is 1.33 bits per heavy atom. The molecule has 1 rings (SSSR count). The van der Waals surface area contributed by atoms with Crippen LogP contribution in [-0.2, 0) is 0 Å². The first-order chi connectivity index (χ1) is 7.19. The van der Waals surface area contributed by atoms with Gasteiger partial charge in [-0.3, -0.25) is 4.98 Å². The molecule has 0 saturated carbocycles. The largest absolute Gasteiger partial charge is 0.324 e. The highest BCUT2D eigenvalue weighted by atomic mass is 14.7. The molecule has 0 aromatic carbocycles. The molecule has 2 heteroatoms. The Balaban J connectivity index is 2.68. The number of hydrogen-bond acceptors (Lipinski definition) is 2. The molecule has 0 fully saturated rings. The lowest BCUT2D eigenvalue weighted by molar-refractivity contribution is 0.413. The number of hydrogen-bond donors (Lipinski definition) is 1. The van der Waals surface area contributed by atoms with Crippen LogP contribution in [0, 0.1) is 12.8 Å². The first kappa shape index (κ1) is 12.2. The number of aromatic nitrogens is 1. The molecule has 15 heavy (non-hydrogen) atoms. The SMILES string of the molecule is CCC(CC)CC(N)c1cccnc1C. The molecule has 2 N–H and O–H groups in total. The zero-order valence-electron chi connectivity index (χ0n) is 10.0. The molecule has 0 aliphatic carbocycles. The van der Waals surface area contributed by atoms with E-state index in [1.165, 1.54) is 18.4 Å². The standard InChI is InChI=1S/C13H22N2/c1-4-11(5-2)9-13(14)12-7-6-8-15-10(12)3/h6-8,11,13H,4-5,9,14H2,1-3H3. The summed E-state index contributed by atoms with van der Waals surface area (Å²) in [5.74, 6) is 0.736. The van der Waals surface area contributed by atoms with Crippen molar-refractivity contribution in [3.8, 4) is 0 Å². The fraction of sp³-hybridized carbons (Fsp3) is 0.615. The van der Waals surface area contributed by atoms with Gasteiger partial charge in [-0.05, 0) is 30.9 Å². The highest BCUT2D eigenvalue weighted by molar-refractivity contribution is 5.21. The summed E-state index contributed by atoms with van der Waals surface area (Å²) in [4.78, 5) is 4.28. The minimum atomic E-state index is 0.142. The fourth-order valence-electron chi connectivity index (χ4n) is 2.00. The van der Waals surface area contributed by atoms with Gasteiger partial charge in [0.25, 0.3) is 0 Å².